The Morgan fingerprint density at radius 3 is 2.57 bits per heavy atom. The van der Waals surface area contributed by atoms with Gasteiger partial charge in [-0.1, -0.05) is 48.5 Å². The predicted octanol–water partition coefficient (Wildman–Crippen LogP) is 3.15. The minimum Gasteiger partial charge on any atom is -0.379 e. The molecule has 2 heterocycles. The number of nitrogens with zero attached hydrogens (tertiary/aromatic N) is 2. The van der Waals surface area contributed by atoms with Gasteiger partial charge in [-0.2, -0.15) is 0 Å². The highest BCUT2D eigenvalue weighted by Gasteiger charge is 2.18. The lowest BCUT2D eigenvalue weighted by molar-refractivity contribution is -0.121. The average Bonchev–Trinajstić information content (AvgIpc) is 3.12. The molecule has 1 atom stereocenters. The minimum atomic E-state index is 0.0404. The van der Waals surface area contributed by atoms with E-state index in [1.54, 1.807) is 0 Å². The smallest absolute Gasteiger partial charge is 0.240 e. The van der Waals surface area contributed by atoms with Crippen LogP contribution in [0.1, 0.15) is 6.92 Å². The molecule has 1 saturated heterocycles. The first kappa shape index (κ1) is 18.7. The van der Waals surface area contributed by atoms with Crippen molar-refractivity contribution in [2.45, 2.75) is 19.5 Å². The van der Waals surface area contributed by atoms with Crippen LogP contribution in [0, 0.1) is 0 Å². The van der Waals surface area contributed by atoms with Crippen LogP contribution in [0.4, 0.5) is 0 Å². The van der Waals surface area contributed by atoms with Crippen molar-refractivity contribution in [3.05, 3.63) is 60.7 Å². The zero-order chi connectivity index (χ0) is 19.3. The molecule has 1 aliphatic rings. The number of rotatable bonds is 6. The predicted molar refractivity (Wildman–Crippen MR) is 112 cm³/mol. The van der Waals surface area contributed by atoms with Crippen LogP contribution in [0.5, 0.6) is 0 Å². The summed E-state index contributed by atoms with van der Waals surface area (Å²) in [5, 5.41) is 4.27. The zero-order valence-electron chi connectivity index (χ0n) is 16.3. The van der Waals surface area contributed by atoms with Crippen LogP contribution >= 0.6 is 0 Å². The molecule has 4 rings (SSSR count). The Bertz CT molecular complexity index is 929. The molecule has 3 aromatic rings. The number of hydrogen-bond donors (Lipinski definition) is 1. The first-order chi connectivity index (χ1) is 13.7. The third-order valence-corrected chi connectivity index (χ3v) is 5.45. The van der Waals surface area contributed by atoms with Gasteiger partial charge in [-0.3, -0.25) is 9.69 Å². The number of hydrogen-bond acceptors (Lipinski definition) is 3. The monoisotopic (exact) mass is 377 g/mol. The number of benzene rings is 2. The van der Waals surface area contributed by atoms with Gasteiger partial charge in [0.25, 0.3) is 0 Å². The van der Waals surface area contributed by atoms with Crippen molar-refractivity contribution in [3.63, 3.8) is 0 Å². The van der Waals surface area contributed by atoms with Gasteiger partial charge in [-0.05, 0) is 24.6 Å². The van der Waals surface area contributed by atoms with Crippen molar-refractivity contribution < 1.29 is 9.53 Å². The fourth-order valence-corrected chi connectivity index (χ4v) is 3.84. The van der Waals surface area contributed by atoms with Gasteiger partial charge in [0, 0.05) is 42.3 Å². The molecule has 0 saturated carbocycles. The second-order valence-electron chi connectivity index (χ2n) is 7.34. The molecule has 1 fully saturated rings. The van der Waals surface area contributed by atoms with Crippen LogP contribution in [0.2, 0.25) is 0 Å². The van der Waals surface area contributed by atoms with Crippen molar-refractivity contribution in [3.8, 4) is 11.3 Å². The third-order valence-electron chi connectivity index (χ3n) is 5.45. The summed E-state index contributed by atoms with van der Waals surface area (Å²) in [5.41, 5.74) is 3.27. The average molecular weight is 377 g/mol. The lowest BCUT2D eigenvalue weighted by atomic mass is 10.1. The molecule has 5 heteroatoms. The topological polar surface area (TPSA) is 46.5 Å². The van der Waals surface area contributed by atoms with Crippen molar-refractivity contribution >= 4 is 16.8 Å². The number of nitrogens with one attached hydrogen (secondary N) is 1. The van der Waals surface area contributed by atoms with Gasteiger partial charge in [-0.15, -0.1) is 0 Å². The van der Waals surface area contributed by atoms with Gasteiger partial charge in [0.15, 0.2) is 0 Å². The molecular weight excluding hydrogens is 350 g/mol. The van der Waals surface area contributed by atoms with Gasteiger partial charge in [0.1, 0.15) is 6.54 Å². The Kier molecular flexibility index (Phi) is 5.74. The highest BCUT2D eigenvalue weighted by atomic mass is 16.5. The summed E-state index contributed by atoms with van der Waals surface area (Å²) in [6, 6.07) is 20.9. The van der Waals surface area contributed by atoms with Crippen LogP contribution in [-0.2, 0) is 16.1 Å². The van der Waals surface area contributed by atoms with Crippen LogP contribution in [0.25, 0.3) is 22.2 Å². The molecule has 0 bridgehead atoms. The van der Waals surface area contributed by atoms with Gasteiger partial charge in [0.05, 0.1) is 13.2 Å². The summed E-state index contributed by atoms with van der Waals surface area (Å²) in [5.74, 6) is 0.0404. The van der Waals surface area contributed by atoms with Gasteiger partial charge in [0.2, 0.25) is 5.91 Å². The fourth-order valence-electron chi connectivity index (χ4n) is 3.84. The number of para-hydroxylation sites is 1. The van der Waals surface area contributed by atoms with Crippen molar-refractivity contribution in [2.75, 3.05) is 32.8 Å². The maximum atomic E-state index is 12.7. The minimum absolute atomic E-state index is 0.0404. The van der Waals surface area contributed by atoms with Crippen LogP contribution in [0.3, 0.4) is 0 Å². The molecule has 0 radical (unpaired) electrons. The molecule has 2 aromatic carbocycles. The Morgan fingerprint density at radius 2 is 1.79 bits per heavy atom. The summed E-state index contributed by atoms with van der Waals surface area (Å²) < 4.78 is 7.52. The number of amides is 1. The first-order valence-corrected chi connectivity index (χ1v) is 9.94. The maximum Gasteiger partial charge on any atom is 0.240 e. The highest BCUT2D eigenvalue weighted by molar-refractivity contribution is 5.89. The van der Waals surface area contributed by atoms with Crippen molar-refractivity contribution in [1.82, 2.24) is 14.8 Å². The van der Waals surface area contributed by atoms with Gasteiger partial charge >= 0.3 is 0 Å². The van der Waals surface area contributed by atoms with E-state index >= 15 is 0 Å². The quantitative estimate of drug-likeness (QED) is 0.718. The number of aromatic nitrogens is 1. The maximum absolute atomic E-state index is 12.7. The lowest BCUT2D eigenvalue weighted by Crippen LogP contribution is -2.47. The number of fused-ring (bicyclic) bond motifs is 1. The molecule has 146 valence electrons. The molecule has 28 heavy (non-hydrogen) atoms. The summed E-state index contributed by atoms with van der Waals surface area (Å²) in [7, 11) is 0. The largest absolute Gasteiger partial charge is 0.379 e. The Morgan fingerprint density at radius 1 is 1.07 bits per heavy atom. The third kappa shape index (κ3) is 4.11. The Labute approximate surface area is 165 Å². The van der Waals surface area contributed by atoms with E-state index in [2.05, 4.69) is 52.0 Å². The van der Waals surface area contributed by atoms with Crippen molar-refractivity contribution in [1.29, 1.82) is 0 Å². The zero-order valence-corrected chi connectivity index (χ0v) is 16.3. The SMILES string of the molecule is CC(CNC(=O)Cn1c(-c2ccccc2)cc2ccccc21)N1CCOCC1. The van der Waals surface area contributed by atoms with E-state index in [4.69, 9.17) is 4.74 Å². The molecule has 1 aromatic heterocycles. The molecule has 1 unspecified atom stereocenters. The molecule has 5 nitrogen and oxygen atoms in total. The number of carbonyl (C=O) groups excluding carboxylic acids is 1. The van der Waals surface area contributed by atoms with Crippen LogP contribution < -0.4 is 5.32 Å². The molecule has 1 aliphatic heterocycles. The van der Waals surface area contributed by atoms with Crippen LogP contribution in [0.15, 0.2) is 60.7 Å². The standard InChI is InChI=1S/C23H27N3O2/c1-18(25-11-13-28-14-12-25)16-24-23(27)17-26-21-10-6-5-9-20(21)15-22(26)19-7-3-2-4-8-19/h2-10,15,18H,11-14,16-17H2,1H3,(H,24,27). The number of ether oxygens (including phenoxy) is 1. The van der Waals surface area contributed by atoms with E-state index in [1.807, 2.05) is 30.3 Å². The van der Waals surface area contributed by atoms with Crippen LogP contribution in [-0.4, -0.2) is 54.3 Å². The Hall–Kier alpha value is -2.63. The highest BCUT2D eigenvalue weighted by Crippen LogP contribution is 2.28. The van der Waals surface area contributed by atoms with E-state index in [0.29, 0.717) is 19.1 Å². The van der Waals surface area contributed by atoms with E-state index in [9.17, 15) is 4.79 Å². The van der Waals surface area contributed by atoms with E-state index < -0.39 is 0 Å². The van der Waals surface area contributed by atoms with Gasteiger partial charge in [-0.25, -0.2) is 0 Å². The van der Waals surface area contributed by atoms with Crippen molar-refractivity contribution in [2.24, 2.45) is 0 Å². The second-order valence-corrected chi connectivity index (χ2v) is 7.34. The number of morpholine rings is 1. The molecule has 1 amide bonds. The second kappa shape index (κ2) is 8.59. The molecular formula is C23H27N3O2. The molecule has 1 N–H and O–H groups in total. The fraction of sp³-hybridized carbons (Fsp3) is 0.348. The lowest BCUT2D eigenvalue weighted by Gasteiger charge is -2.32. The summed E-state index contributed by atoms with van der Waals surface area (Å²) in [6.45, 7) is 6.52. The molecule has 0 spiro atoms. The summed E-state index contributed by atoms with van der Waals surface area (Å²) >= 11 is 0. The normalized spacial score (nSPS) is 16.2. The number of carbonyl (C=O) groups is 1. The van der Waals surface area contributed by atoms with E-state index in [1.165, 1.54) is 0 Å². The van der Waals surface area contributed by atoms with Gasteiger partial charge < -0.3 is 14.6 Å². The first-order valence-electron chi connectivity index (χ1n) is 9.94. The van der Waals surface area contributed by atoms with E-state index in [0.717, 1.165) is 48.5 Å². The summed E-state index contributed by atoms with van der Waals surface area (Å²) in [6.07, 6.45) is 0. The molecule has 0 aliphatic carbocycles. The summed E-state index contributed by atoms with van der Waals surface area (Å²) in [4.78, 5) is 15.1. The van der Waals surface area contributed by atoms with E-state index in [-0.39, 0.29) is 5.91 Å². The Balaban J connectivity index is 1.50.